The van der Waals surface area contributed by atoms with Gasteiger partial charge < -0.3 is 5.32 Å². The highest BCUT2D eigenvalue weighted by Gasteiger charge is 2.17. The predicted molar refractivity (Wildman–Crippen MR) is 100.0 cm³/mol. The summed E-state index contributed by atoms with van der Waals surface area (Å²) in [5, 5.41) is 3.81. The van der Waals surface area contributed by atoms with E-state index in [0.717, 1.165) is 17.1 Å². The number of benzene rings is 3. The van der Waals surface area contributed by atoms with E-state index < -0.39 is 0 Å². The van der Waals surface area contributed by atoms with Gasteiger partial charge in [-0.05, 0) is 48.5 Å². The molecule has 0 spiro atoms. The third-order valence-corrected chi connectivity index (χ3v) is 3.82. The molecule has 0 saturated heterocycles. The maximum atomic E-state index is 12.8. The van der Waals surface area contributed by atoms with E-state index in [9.17, 15) is 4.79 Å². The molecule has 0 bridgehead atoms. The van der Waals surface area contributed by atoms with E-state index in [2.05, 4.69) is 5.32 Å². The molecule has 0 heterocycles. The number of hydrogen-bond acceptors (Lipinski definition) is 2. The van der Waals surface area contributed by atoms with Crippen LogP contribution < -0.4 is 10.2 Å². The van der Waals surface area contributed by atoms with Gasteiger partial charge in [-0.25, -0.2) is 0 Å². The summed E-state index contributed by atoms with van der Waals surface area (Å²) >= 11 is 5.88. The first-order valence-electron chi connectivity index (χ1n) is 7.66. The quantitative estimate of drug-likeness (QED) is 0.701. The topological polar surface area (TPSA) is 32.3 Å². The number of hydrogen-bond donors (Lipinski definition) is 1. The van der Waals surface area contributed by atoms with Crippen LogP contribution in [0.1, 0.15) is 0 Å². The molecule has 0 aromatic heterocycles. The van der Waals surface area contributed by atoms with E-state index in [0.29, 0.717) is 5.02 Å². The minimum Gasteiger partial charge on any atom is -0.376 e. The average molecular weight is 337 g/mol. The number of amides is 1. The SMILES string of the molecule is O=C(CNc1ccc(Cl)cc1)N(c1ccccc1)c1ccccc1. The number of anilines is 3. The van der Waals surface area contributed by atoms with E-state index in [1.165, 1.54) is 0 Å². The van der Waals surface area contributed by atoms with Gasteiger partial charge in [-0.15, -0.1) is 0 Å². The lowest BCUT2D eigenvalue weighted by atomic mass is 10.2. The summed E-state index contributed by atoms with van der Waals surface area (Å²) in [6.07, 6.45) is 0. The fourth-order valence-electron chi connectivity index (χ4n) is 2.42. The molecule has 0 aliphatic carbocycles. The highest BCUT2D eigenvalue weighted by molar-refractivity contribution is 6.30. The van der Waals surface area contributed by atoms with Crippen LogP contribution in [0.5, 0.6) is 0 Å². The maximum absolute atomic E-state index is 12.8. The molecule has 0 radical (unpaired) electrons. The highest BCUT2D eigenvalue weighted by Crippen LogP contribution is 2.25. The van der Waals surface area contributed by atoms with Crippen molar-refractivity contribution in [1.82, 2.24) is 0 Å². The average Bonchev–Trinajstić information content (AvgIpc) is 2.63. The molecule has 3 aromatic rings. The Morgan fingerprint density at radius 3 is 1.79 bits per heavy atom. The van der Waals surface area contributed by atoms with Crippen molar-refractivity contribution in [2.45, 2.75) is 0 Å². The summed E-state index contributed by atoms with van der Waals surface area (Å²) < 4.78 is 0. The van der Waals surface area contributed by atoms with Gasteiger partial charge in [0.1, 0.15) is 0 Å². The third kappa shape index (κ3) is 3.94. The molecule has 24 heavy (non-hydrogen) atoms. The molecule has 0 aliphatic heterocycles. The van der Waals surface area contributed by atoms with E-state index in [-0.39, 0.29) is 12.5 Å². The normalized spacial score (nSPS) is 10.2. The molecule has 3 nitrogen and oxygen atoms in total. The van der Waals surface area contributed by atoms with E-state index in [1.807, 2.05) is 72.8 Å². The molecule has 3 rings (SSSR count). The fraction of sp³-hybridized carbons (Fsp3) is 0.0500. The van der Waals surface area contributed by atoms with Gasteiger partial charge in [0, 0.05) is 22.1 Å². The van der Waals surface area contributed by atoms with Crippen molar-refractivity contribution >= 4 is 34.6 Å². The van der Waals surface area contributed by atoms with Crippen molar-refractivity contribution in [3.63, 3.8) is 0 Å². The molecule has 0 atom stereocenters. The Labute approximate surface area is 146 Å². The Morgan fingerprint density at radius 1 is 0.792 bits per heavy atom. The molecule has 0 fully saturated rings. The van der Waals surface area contributed by atoms with Gasteiger partial charge in [0.05, 0.1) is 6.54 Å². The predicted octanol–water partition coefficient (Wildman–Crippen LogP) is 5.12. The molecular weight excluding hydrogens is 320 g/mol. The zero-order valence-electron chi connectivity index (χ0n) is 13.0. The molecular formula is C20H17ClN2O. The van der Waals surface area contributed by atoms with Crippen LogP contribution in [0.4, 0.5) is 17.1 Å². The molecule has 3 aromatic carbocycles. The summed E-state index contributed by atoms with van der Waals surface area (Å²) in [7, 11) is 0. The van der Waals surface area contributed by atoms with Crippen molar-refractivity contribution in [3.05, 3.63) is 90.0 Å². The third-order valence-electron chi connectivity index (χ3n) is 3.57. The molecule has 120 valence electrons. The number of nitrogens with one attached hydrogen (secondary N) is 1. The van der Waals surface area contributed by atoms with Gasteiger partial charge in [-0.2, -0.15) is 0 Å². The Balaban J connectivity index is 1.80. The number of para-hydroxylation sites is 2. The second-order valence-electron chi connectivity index (χ2n) is 5.26. The van der Waals surface area contributed by atoms with E-state index in [1.54, 1.807) is 17.0 Å². The van der Waals surface area contributed by atoms with Crippen molar-refractivity contribution in [3.8, 4) is 0 Å². The number of carbonyl (C=O) groups excluding carboxylic acids is 1. The maximum Gasteiger partial charge on any atom is 0.250 e. The van der Waals surface area contributed by atoms with Crippen molar-refractivity contribution in [2.75, 3.05) is 16.8 Å². The number of halogens is 1. The Morgan fingerprint density at radius 2 is 1.29 bits per heavy atom. The molecule has 0 aliphatic rings. The van der Waals surface area contributed by atoms with Gasteiger partial charge in [0.15, 0.2) is 0 Å². The molecule has 1 N–H and O–H groups in total. The second-order valence-corrected chi connectivity index (χ2v) is 5.70. The first kappa shape index (κ1) is 16.1. The van der Waals surface area contributed by atoms with Crippen molar-refractivity contribution in [2.24, 2.45) is 0 Å². The molecule has 4 heteroatoms. The lowest BCUT2D eigenvalue weighted by molar-refractivity contribution is -0.116. The minimum absolute atomic E-state index is 0.0395. The van der Waals surface area contributed by atoms with Crippen LogP contribution in [-0.2, 0) is 4.79 Å². The largest absolute Gasteiger partial charge is 0.376 e. The Kier molecular flexibility index (Phi) is 5.14. The minimum atomic E-state index is -0.0395. The molecule has 0 saturated carbocycles. The zero-order valence-corrected chi connectivity index (χ0v) is 13.8. The standard InChI is InChI=1S/C20H17ClN2O/c21-16-11-13-17(14-12-16)22-15-20(24)23(18-7-3-1-4-8-18)19-9-5-2-6-10-19/h1-14,22H,15H2. The molecule has 0 unspecified atom stereocenters. The van der Waals surface area contributed by atoms with Crippen LogP contribution in [0.25, 0.3) is 0 Å². The fourth-order valence-corrected chi connectivity index (χ4v) is 2.54. The lowest BCUT2D eigenvalue weighted by Crippen LogP contribution is -2.31. The first-order valence-corrected chi connectivity index (χ1v) is 8.04. The van der Waals surface area contributed by atoms with Gasteiger partial charge >= 0.3 is 0 Å². The summed E-state index contributed by atoms with van der Waals surface area (Å²) in [5.74, 6) is -0.0395. The Bertz CT molecular complexity index is 749. The van der Waals surface area contributed by atoms with Gasteiger partial charge in [-0.1, -0.05) is 48.0 Å². The van der Waals surface area contributed by atoms with Gasteiger partial charge in [0.25, 0.3) is 5.91 Å². The van der Waals surface area contributed by atoms with Gasteiger partial charge in [0.2, 0.25) is 0 Å². The number of nitrogens with zero attached hydrogens (tertiary/aromatic N) is 1. The summed E-state index contributed by atoms with van der Waals surface area (Å²) in [6, 6.07) is 26.5. The van der Waals surface area contributed by atoms with Crippen LogP contribution in [-0.4, -0.2) is 12.5 Å². The van der Waals surface area contributed by atoms with Crippen LogP contribution in [0.3, 0.4) is 0 Å². The van der Waals surface area contributed by atoms with Crippen LogP contribution >= 0.6 is 11.6 Å². The van der Waals surface area contributed by atoms with Crippen LogP contribution in [0.2, 0.25) is 5.02 Å². The Hall–Kier alpha value is -2.78. The summed E-state index contributed by atoms with van der Waals surface area (Å²) in [5.41, 5.74) is 2.53. The zero-order chi connectivity index (χ0) is 16.8. The highest BCUT2D eigenvalue weighted by atomic mass is 35.5. The van der Waals surface area contributed by atoms with Crippen molar-refractivity contribution in [1.29, 1.82) is 0 Å². The summed E-state index contributed by atoms with van der Waals surface area (Å²) in [6.45, 7) is 0.186. The molecule has 1 amide bonds. The smallest absolute Gasteiger partial charge is 0.250 e. The number of carbonyl (C=O) groups is 1. The van der Waals surface area contributed by atoms with Crippen LogP contribution in [0.15, 0.2) is 84.9 Å². The summed E-state index contributed by atoms with van der Waals surface area (Å²) in [4.78, 5) is 14.5. The second kappa shape index (κ2) is 7.66. The van der Waals surface area contributed by atoms with E-state index in [4.69, 9.17) is 11.6 Å². The monoisotopic (exact) mass is 336 g/mol. The van der Waals surface area contributed by atoms with Gasteiger partial charge in [-0.3, -0.25) is 9.69 Å². The lowest BCUT2D eigenvalue weighted by Gasteiger charge is -2.23. The van der Waals surface area contributed by atoms with Crippen molar-refractivity contribution < 1.29 is 4.79 Å². The number of rotatable bonds is 5. The van der Waals surface area contributed by atoms with Crippen LogP contribution in [0, 0.1) is 0 Å². The first-order chi connectivity index (χ1) is 11.7. The van der Waals surface area contributed by atoms with E-state index >= 15 is 0 Å².